The van der Waals surface area contributed by atoms with Gasteiger partial charge in [-0.25, -0.2) is 4.99 Å². The van der Waals surface area contributed by atoms with Gasteiger partial charge in [-0.2, -0.15) is 0 Å². The smallest absolute Gasteiger partial charge is 0.264 e. The lowest BCUT2D eigenvalue weighted by Crippen LogP contribution is -2.19. The minimum atomic E-state index is -0.119. The molecule has 1 aromatic carbocycles. The minimum Gasteiger partial charge on any atom is -0.494 e. The van der Waals surface area contributed by atoms with Crippen LogP contribution in [0.25, 0.3) is 6.08 Å². The van der Waals surface area contributed by atoms with Gasteiger partial charge >= 0.3 is 0 Å². The van der Waals surface area contributed by atoms with Crippen LogP contribution in [0.2, 0.25) is 0 Å². The SMILES string of the molecule is CCOc1ccc(N=C2NC(=O)/C(=C\c3ccn(C(C)C)c3)S2)cc1. The maximum absolute atomic E-state index is 12.2. The lowest BCUT2D eigenvalue weighted by Gasteiger charge is -2.04. The zero-order chi connectivity index (χ0) is 17.8. The Kier molecular flexibility index (Phi) is 5.28. The second kappa shape index (κ2) is 7.61. The van der Waals surface area contributed by atoms with E-state index in [-0.39, 0.29) is 5.91 Å². The van der Waals surface area contributed by atoms with Gasteiger partial charge in [0.25, 0.3) is 5.91 Å². The molecule has 1 aromatic heterocycles. The highest BCUT2D eigenvalue weighted by Gasteiger charge is 2.23. The van der Waals surface area contributed by atoms with Crippen molar-refractivity contribution in [2.75, 3.05) is 6.61 Å². The fraction of sp³-hybridized carbons (Fsp3) is 0.263. The van der Waals surface area contributed by atoms with Gasteiger partial charge in [-0.15, -0.1) is 0 Å². The van der Waals surface area contributed by atoms with Crippen molar-refractivity contribution in [1.29, 1.82) is 0 Å². The number of amides is 1. The van der Waals surface area contributed by atoms with Crippen molar-refractivity contribution in [3.8, 4) is 5.75 Å². The molecule has 1 amide bonds. The highest BCUT2D eigenvalue weighted by atomic mass is 32.2. The summed E-state index contributed by atoms with van der Waals surface area (Å²) in [6, 6.07) is 9.88. The quantitative estimate of drug-likeness (QED) is 0.811. The third-order valence-corrected chi connectivity index (χ3v) is 4.57. The second-order valence-electron chi connectivity index (χ2n) is 5.89. The highest BCUT2D eigenvalue weighted by Crippen LogP contribution is 2.28. The Hall–Kier alpha value is -2.47. The van der Waals surface area contributed by atoms with Gasteiger partial charge in [-0.1, -0.05) is 0 Å². The summed E-state index contributed by atoms with van der Waals surface area (Å²) in [6.45, 7) is 6.82. The molecule has 6 heteroatoms. The van der Waals surface area contributed by atoms with Crippen molar-refractivity contribution in [2.45, 2.75) is 26.8 Å². The maximum atomic E-state index is 12.2. The molecule has 0 unspecified atom stereocenters. The third kappa shape index (κ3) is 4.33. The predicted octanol–water partition coefficient (Wildman–Crippen LogP) is 4.36. The molecular weight excluding hydrogens is 334 g/mol. The van der Waals surface area contributed by atoms with Crippen molar-refractivity contribution in [3.05, 3.63) is 53.2 Å². The normalized spacial score (nSPS) is 17.5. The molecule has 2 aromatic rings. The summed E-state index contributed by atoms with van der Waals surface area (Å²) in [6.07, 6.45) is 5.94. The van der Waals surface area contributed by atoms with Gasteiger partial charge in [0.05, 0.1) is 17.2 Å². The number of benzene rings is 1. The van der Waals surface area contributed by atoms with Crippen LogP contribution < -0.4 is 10.1 Å². The molecule has 1 aliphatic rings. The average Bonchev–Trinajstić information content (AvgIpc) is 3.17. The predicted molar refractivity (Wildman–Crippen MR) is 103 cm³/mol. The molecule has 0 bridgehead atoms. The molecule has 0 atom stereocenters. The zero-order valence-electron chi connectivity index (χ0n) is 14.5. The van der Waals surface area contributed by atoms with E-state index in [1.54, 1.807) is 0 Å². The fourth-order valence-corrected chi connectivity index (χ4v) is 3.21. The Morgan fingerprint density at radius 2 is 2.04 bits per heavy atom. The van der Waals surface area contributed by atoms with E-state index in [1.807, 2.05) is 55.7 Å². The first kappa shape index (κ1) is 17.4. The number of nitrogens with zero attached hydrogens (tertiary/aromatic N) is 2. The highest BCUT2D eigenvalue weighted by molar-refractivity contribution is 8.18. The van der Waals surface area contributed by atoms with Gasteiger partial charge < -0.3 is 14.6 Å². The second-order valence-corrected chi connectivity index (χ2v) is 6.93. The summed E-state index contributed by atoms with van der Waals surface area (Å²) in [5.41, 5.74) is 1.78. The number of carbonyl (C=O) groups excluding carboxylic acids is 1. The summed E-state index contributed by atoms with van der Waals surface area (Å²) in [4.78, 5) is 17.3. The van der Waals surface area contributed by atoms with E-state index >= 15 is 0 Å². The van der Waals surface area contributed by atoms with Crippen molar-refractivity contribution >= 4 is 34.6 Å². The first-order chi connectivity index (χ1) is 12.0. The van der Waals surface area contributed by atoms with E-state index in [1.165, 1.54) is 11.8 Å². The van der Waals surface area contributed by atoms with E-state index in [9.17, 15) is 4.79 Å². The maximum Gasteiger partial charge on any atom is 0.264 e. The molecule has 25 heavy (non-hydrogen) atoms. The van der Waals surface area contributed by atoms with Crippen LogP contribution in [-0.2, 0) is 4.79 Å². The summed E-state index contributed by atoms with van der Waals surface area (Å²) in [7, 11) is 0. The number of aromatic nitrogens is 1. The lowest BCUT2D eigenvalue weighted by molar-refractivity contribution is -0.115. The monoisotopic (exact) mass is 355 g/mol. The topological polar surface area (TPSA) is 55.6 Å². The average molecular weight is 355 g/mol. The van der Waals surface area contributed by atoms with E-state index in [0.29, 0.717) is 22.7 Å². The van der Waals surface area contributed by atoms with Crippen LogP contribution >= 0.6 is 11.8 Å². The van der Waals surface area contributed by atoms with Crippen molar-refractivity contribution < 1.29 is 9.53 Å². The largest absolute Gasteiger partial charge is 0.494 e. The molecule has 1 fully saturated rings. The van der Waals surface area contributed by atoms with Gasteiger partial charge in [0.15, 0.2) is 5.17 Å². The Morgan fingerprint density at radius 3 is 2.68 bits per heavy atom. The van der Waals surface area contributed by atoms with E-state index in [0.717, 1.165) is 17.0 Å². The van der Waals surface area contributed by atoms with Crippen LogP contribution in [0, 0.1) is 0 Å². The first-order valence-electron chi connectivity index (χ1n) is 8.25. The van der Waals surface area contributed by atoms with Crippen LogP contribution in [0.4, 0.5) is 5.69 Å². The number of thioether (sulfide) groups is 1. The standard InChI is InChI=1S/C19H21N3O2S/c1-4-24-16-7-5-15(6-8-16)20-19-21-18(23)17(25-19)11-14-9-10-22(12-14)13(2)3/h5-13H,4H2,1-3H3,(H,20,21,23)/b17-11+. The van der Waals surface area contributed by atoms with E-state index < -0.39 is 0 Å². The molecule has 0 radical (unpaired) electrons. The lowest BCUT2D eigenvalue weighted by atomic mass is 10.3. The number of hydrogen-bond donors (Lipinski definition) is 1. The first-order valence-corrected chi connectivity index (χ1v) is 9.06. The van der Waals surface area contributed by atoms with Crippen LogP contribution in [0.1, 0.15) is 32.4 Å². The molecule has 0 spiro atoms. The molecule has 2 heterocycles. The Labute approximate surface area is 151 Å². The number of rotatable bonds is 5. The van der Waals surface area contributed by atoms with Crippen molar-refractivity contribution in [2.24, 2.45) is 4.99 Å². The number of nitrogens with one attached hydrogen (secondary N) is 1. The minimum absolute atomic E-state index is 0.119. The molecule has 0 aliphatic carbocycles. The number of ether oxygens (including phenoxy) is 1. The van der Waals surface area contributed by atoms with Crippen LogP contribution in [0.15, 0.2) is 52.6 Å². The summed E-state index contributed by atoms with van der Waals surface area (Å²) >= 11 is 1.35. The molecule has 1 saturated heterocycles. The Bertz CT molecular complexity index is 819. The molecule has 130 valence electrons. The van der Waals surface area contributed by atoms with Crippen LogP contribution in [-0.4, -0.2) is 22.2 Å². The van der Waals surface area contributed by atoms with Gasteiger partial charge in [-0.05, 0) is 74.5 Å². The zero-order valence-corrected chi connectivity index (χ0v) is 15.3. The summed E-state index contributed by atoms with van der Waals surface area (Å²) < 4.78 is 7.53. The summed E-state index contributed by atoms with van der Waals surface area (Å²) in [5.74, 6) is 0.691. The molecule has 3 rings (SSSR count). The van der Waals surface area contributed by atoms with Gasteiger partial charge in [0, 0.05) is 18.4 Å². The summed E-state index contributed by atoms with van der Waals surface area (Å²) in [5, 5.41) is 3.40. The van der Waals surface area contributed by atoms with E-state index in [2.05, 4.69) is 28.7 Å². The van der Waals surface area contributed by atoms with Gasteiger partial charge in [-0.3, -0.25) is 4.79 Å². The van der Waals surface area contributed by atoms with Crippen molar-refractivity contribution in [1.82, 2.24) is 9.88 Å². The van der Waals surface area contributed by atoms with Crippen LogP contribution in [0.5, 0.6) is 5.75 Å². The van der Waals surface area contributed by atoms with Crippen LogP contribution in [0.3, 0.4) is 0 Å². The number of aliphatic imine (C=N–C) groups is 1. The number of hydrogen-bond acceptors (Lipinski definition) is 4. The van der Waals surface area contributed by atoms with Gasteiger partial charge in [0.2, 0.25) is 0 Å². The van der Waals surface area contributed by atoms with Crippen molar-refractivity contribution in [3.63, 3.8) is 0 Å². The third-order valence-electron chi connectivity index (χ3n) is 3.66. The number of amidine groups is 1. The molecule has 1 N–H and O–H groups in total. The number of carbonyl (C=O) groups is 1. The molecule has 1 aliphatic heterocycles. The van der Waals surface area contributed by atoms with E-state index in [4.69, 9.17) is 4.74 Å². The Balaban J connectivity index is 1.73. The molecular formula is C19H21N3O2S. The molecule has 5 nitrogen and oxygen atoms in total. The Morgan fingerprint density at radius 1 is 1.28 bits per heavy atom. The van der Waals surface area contributed by atoms with Gasteiger partial charge in [0.1, 0.15) is 5.75 Å². The molecule has 0 saturated carbocycles. The fourth-order valence-electron chi connectivity index (χ4n) is 2.37.